The van der Waals surface area contributed by atoms with E-state index in [1.54, 1.807) is 13.3 Å². The van der Waals surface area contributed by atoms with Crippen LogP contribution in [0.25, 0.3) is 0 Å². The maximum absolute atomic E-state index is 12.3. The van der Waals surface area contributed by atoms with Crippen LogP contribution in [0.3, 0.4) is 0 Å². The summed E-state index contributed by atoms with van der Waals surface area (Å²) >= 11 is 0. The molecule has 1 N–H and O–H groups in total. The molecule has 8 nitrogen and oxygen atoms in total. The molecule has 174 valence electrons. The molecule has 0 spiro atoms. The van der Waals surface area contributed by atoms with Crippen LogP contribution < -0.4 is 10.1 Å². The Kier molecular flexibility index (Phi) is 8.15. The minimum atomic E-state index is -0.663. The average molecular weight is 443 g/mol. The summed E-state index contributed by atoms with van der Waals surface area (Å²) in [5, 5.41) is 2.91. The summed E-state index contributed by atoms with van der Waals surface area (Å²) in [7, 11) is 1.61. The van der Waals surface area contributed by atoms with Gasteiger partial charge in [0.15, 0.2) is 0 Å². The van der Waals surface area contributed by atoms with Crippen LogP contribution in [0.1, 0.15) is 26.7 Å². The SMILES string of the molecule is COc1ccc(NC(=O)CN2CCN(CCN=CC3C(=O)CC(C)(C)CC3=O)CC2)cc1. The van der Waals surface area contributed by atoms with Gasteiger partial charge in [0, 0.05) is 57.5 Å². The van der Waals surface area contributed by atoms with Crippen LogP contribution in [-0.2, 0) is 14.4 Å². The van der Waals surface area contributed by atoms with E-state index in [1.165, 1.54) is 0 Å². The van der Waals surface area contributed by atoms with Crippen molar-refractivity contribution in [3.05, 3.63) is 24.3 Å². The Balaban J connectivity index is 1.34. The van der Waals surface area contributed by atoms with Gasteiger partial charge in [-0.1, -0.05) is 13.8 Å². The van der Waals surface area contributed by atoms with Crippen molar-refractivity contribution in [2.45, 2.75) is 26.7 Å². The second kappa shape index (κ2) is 10.8. The summed E-state index contributed by atoms with van der Waals surface area (Å²) in [6.07, 6.45) is 2.42. The lowest BCUT2D eigenvalue weighted by Gasteiger charge is -2.34. The molecule has 3 rings (SSSR count). The predicted octanol–water partition coefficient (Wildman–Crippen LogP) is 1.90. The number of carbonyl (C=O) groups is 3. The van der Waals surface area contributed by atoms with E-state index in [2.05, 4.69) is 20.1 Å². The molecule has 2 fully saturated rings. The third-order valence-corrected chi connectivity index (χ3v) is 6.01. The van der Waals surface area contributed by atoms with Gasteiger partial charge in [-0.3, -0.25) is 29.2 Å². The van der Waals surface area contributed by atoms with E-state index in [4.69, 9.17) is 4.74 Å². The number of Topliss-reactive ketones (excluding diaryl/α,β-unsaturated/α-hetero) is 2. The number of aliphatic imine (C=N–C) groups is 1. The Hall–Kier alpha value is -2.58. The molecule has 1 aromatic carbocycles. The fraction of sp³-hybridized carbons (Fsp3) is 0.583. The largest absolute Gasteiger partial charge is 0.497 e. The lowest BCUT2D eigenvalue weighted by Crippen LogP contribution is -2.49. The Bertz CT molecular complexity index is 822. The molecule has 2 aliphatic rings. The van der Waals surface area contributed by atoms with Crippen LogP contribution in [0, 0.1) is 11.3 Å². The van der Waals surface area contributed by atoms with Crippen molar-refractivity contribution in [2.75, 3.05) is 58.2 Å². The predicted molar refractivity (Wildman–Crippen MR) is 124 cm³/mol. The number of ketones is 2. The van der Waals surface area contributed by atoms with Gasteiger partial charge in [-0.05, 0) is 29.7 Å². The maximum Gasteiger partial charge on any atom is 0.238 e. The van der Waals surface area contributed by atoms with Crippen molar-refractivity contribution in [1.29, 1.82) is 0 Å². The summed E-state index contributed by atoms with van der Waals surface area (Å²) in [6.45, 7) is 8.98. The number of nitrogens with one attached hydrogen (secondary N) is 1. The number of nitrogens with zero attached hydrogens (tertiary/aromatic N) is 3. The summed E-state index contributed by atoms with van der Waals surface area (Å²) in [5.41, 5.74) is 0.523. The lowest BCUT2D eigenvalue weighted by molar-refractivity contribution is -0.136. The molecule has 1 heterocycles. The van der Waals surface area contributed by atoms with E-state index in [1.807, 2.05) is 38.1 Å². The number of hydrogen-bond acceptors (Lipinski definition) is 7. The minimum absolute atomic E-state index is 0.0171. The normalized spacial score (nSPS) is 20.6. The van der Waals surface area contributed by atoms with Crippen LogP contribution in [-0.4, -0.2) is 86.4 Å². The zero-order valence-electron chi connectivity index (χ0n) is 19.3. The van der Waals surface area contributed by atoms with Gasteiger partial charge in [0.25, 0.3) is 0 Å². The first kappa shape index (κ1) is 24.1. The molecule has 0 bridgehead atoms. The number of methoxy groups -OCH3 is 1. The molecule has 1 saturated carbocycles. The Morgan fingerprint density at radius 2 is 1.69 bits per heavy atom. The molecule has 1 aliphatic heterocycles. The monoisotopic (exact) mass is 442 g/mol. The van der Waals surface area contributed by atoms with Crippen LogP contribution in [0.2, 0.25) is 0 Å². The van der Waals surface area contributed by atoms with Crippen molar-refractivity contribution in [3.8, 4) is 5.75 Å². The first-order valence-electron chi connectivity index (χ1n) is 11.2. The van der Waals surface area contributed by atoms with Gasteiger partial charge in [-0.2, -0.15) is 0 Å². The van der Waals surface area contributed by atoms with E-state index in [-0.39, 0.29) is 22.9 Å². The number of ether oxygens (including phenoxy) is 1. The fourth-order valence-electron chi connectivity index (χ4n) is 4.20. The Labute approximate surface area is 190 Å². The molecule has 1 amide bonds. The first-order valence-corrected chi connectivity index (χ1v) is 11.2. The summed E-state index contributed by atoms with van der Waals surface area (Å²) in [4.78, 5) is 45.5. The van der Waals surface area contributed by atoms with Gasteiger partial charge in [-0.25, -0.2) is 0 Å². The number of hydrogen-bond donors (Lipinski definition) is 1. The van der Waals surface area contributed by atoms with Gasteiger partial charge in [-0.15, -0.1) is 0 Å². The van der Waals surface area contributed by atoms with Gasteiger partial charge in [0.05, 0.1) is 20.2 Å². The van der Waals surface area contributed by atoms with Gasteiger partial charge >= 0.3 is 0 Å². The number of rotatable bonds is 8. The number of anilines is 1. The molecule has 0 unspecified atom stereocenters. The summed E-state index contributed by atoms with van der Waals surface area (Å²) in [5.74, 6) is 0.0275. The van der Waals surface area contributed by atoms with E-state index < -0.39 is 5.92 Å². The Morgan fingerprint density at radius 3 is 2.28 bits per heavy atom. The van der Waals surface area contributed by atoms with Crippen LogP contribution in [0.5, 0.6) is 5.75 Å². The van der Waals surface area contributed by atoms with Crippen molar-refractivity contribution in [1.82, 2.24) is 9.80 Å². The lowest BCUT2D eigenvalue weighted by atomic mass is 9.72. The van der Waals surface area contributed by atoms with Crippen LogP contribution in [0.4, 0.5) is 5.69 Å². The molecule has 8 heteroatoms. The Morgan fingerprint density at radius 1 is 1.09 bits per heavy atom. The topological polar surface area (TPSA) is 91.3 Å². The standard InChI is InChI=1S/C24H34N4O4/c1-24(2)14-21(29)20(22(30)15-24)16-25-8-9-27-10-12-28(13-11-27)17-23(31)26-18-4-6-19(32-3)7-5-18/h4-7,16,20H,8-15,17H2,1-3H3,(H,26,31). The van der Waals surface area contributed by atoms with Crippen molar-refractivity contribution < 1.29 is 19.1 Å². The van der Waals surface area contributed by atoms with Gasteiger partial charge in [0.2, 0.25) is 5.91 Å². The van der Waals surface area contributed by atoms with E-state index in [0.29, 0.717) is 25.9 Å². The molecular weight excluding hydrogens is 408 g/mol. The highest BCUT2D eigenvalue weighted by molar-refractivity contribution is 6.16. The maximum atomic E-state index is 12.3. The van der Waals surface area contributed by atoms with Crippen LogP contribution in [0.15, 0.2) is 29.3 Å². The molecule has 1 aliphatic carbocycles. The average Bonchev–Trinajstić information content (AvgIpc) is 2.73. The molecule has 0 radical (unpaired) electrons. The molecule has 0 atom stereocenters. The first-order chi connectivity index (χ1) is 15.3. The third kappa shape index (κ3) is 6.97. The van der Waals surface area contributed by atoms with Gasteiger partial charge < -0.3 is 10.1 Å². The minimum Gasteiger partial charge on any atom is -0.497 e. The van der Waals surface area contributed by atoms with Crippen molar-refractivity contribution in [3.63, 3.8) is 0 Å². The molecule has 32 heavy (non-hydrogen) atoms. The summed E-state index contributed by atoms with van der Waals surface area (Å²) < 4.78 is 5.12. The highest BCUT2D eigenvalue weighted by Gasteiger charge is 2.38. The van der Waals surface area contributed by atoms with E-state index in [9.17, 15) is 14.4 Å². The van der Waals surface area contributed by atoms with E-state index in [0.717, 1.165) is 44.2 Å². The smallest absolute Gasteiger partial charge is 0.238 e. The fourth-order valence-corrected chi connectivity index (χ4v) is 4.20. The quantitative estimate of drug-likeness (QED) is 0.488. The summed E-state index contributed by atoms with van der Waals surface area (Å²) in [6, 6.07) is 7.28. The van der Waals surface area contributed by atoms with Crippen LogP contribution >= 0.6 is 0 Å². The number of benzene rings is 1. The van der Waals surface area contributed by atoms with E-state index >= 15 is 0 Å². The third-order valence-electron chi connectivity index (χ3n) is 6.01. The number of amides is 1. The molecule has 1 saturated heterocycles. The second-order valence-electron chi connectivity index (χ2n) is 9.38. The highest BCUT2D eigenvalue weighted by Crippen LogP contribution is 2.33. The van der Waals surface area contributed by atoms with Crippen molar-refractivity contribution >= 4 is 29.4 Å². The number of carbonyl (C=O) groups excluding carboxylic acids is 3. The zero-order chi connectivity index (χ0) is 23.1. The molecular formula is C24H34N4O4. The highest BCUT2D eigenvalue weighted by atomic mass is 16.5. The number of piperazine rings is 1. The molecule has 0 aromatic heterocycles. The van der Waals surface area contributed by atoms with Gasteiger partial charge in [0.1, 0.15) is 23.2 Å². The molecule has 1 aromatic rings. The zero-order valence-corrected chi connectivity index (χ0v) is 19.3. The second-order valence-corrected chi connectivity index (χ2v) is 9.38. The van der Waals surface area contributed by atoms with Crippen molar-refractivity contribution in [2.24, 2.45) is 16.3 Å².